The van der Waals surface area contributed by atoms with Gasteiger partial charge in [0, 0.05) is 44.0 Å². The summed E-state index contributed by atoms with van der Waals surface area (Å²) >= 11 is 1.87. The van der Waals surface area contributed by atoms with Crippen molar-refractivity contribution in [2.45, 2.75) is 26.9 Å². The second kappa shape index (κ2) is 5.75. The first-order valence-corrected chi connectivity index (χ1v) is 7.25. The summed E-state index contributed by atoms with van der Waals surface area (Å²) in [5.74, 6) is 0.986. The van der Waals surface area contributed by atoms with Crippen molar-refractivity contribution in [3.05, 3.63) is 33.3 Å². The van der Waals surface area contributed by atoms with E-state index in [9.17, 15) is 0 Å². The summed E-state index contributed by atoms with van der Waals surface area (Å²) in [7, 11) is 6.08. The average molecular weight is 278 g/mol. The highest BCUT2D eigenvalue weighted by Gasteiger charge is 2.08. The zero-order chi connectivity index (χ0) is 14.0. The van der Waals surface area contributed by atoms with Crippen molar-refractivity contribution in [2.24, 2.45) is 7.05 Å². The highest BCUT2D eigenvalue weighted by Crippen LogP contribution is 2.20. The van der Waals surface area contributed by atoms with Crippen LogP contribution in [-0.2, 0) is 20.1 Å². The van der Waals surface area contributed by atoms with Gasteiger partial charge in [0.05, 0.1) is 11.9 Å². The summed E-state index contributed by atoms with van der Waals surface area (Å²) in [5.41, 5.74) is 2.59. The molecule has 4 nitrogen and oxygen atoms in total. The van der Waals surface area contributed by atoms with Crippen molar-refractivity contribution >= 4 is 17.3 Å². The molecule has 0 atom stereocenters. The Bertz CT molecular complexity index is 534. The van der Waals surface area contributed by atoms with Crippen molar-refractivity contribution < 1.29 is 0 Å². The lowest BCUT2D eigenvalue weighted by Crippen LogP contribution is -2.17. The van der Waals surface area contributed by atoms with Gasteiger partial charge in [0.2, 0.25) is 5.95 Å². The molecule has 0 amide bonds. The number of hydrogen-bond acceptors (Lipinski definition) is 4. The zero-order valence-corrected chi connectivity index (χ0v) is 13.1. The maximum atomic E-state index is 4.41. The SMILES string of the molecule is Cc1cc(CNCc2cnc(N(C)C)n2C)sc1C. The van der Waals surface area contributed by atoms with E-state index in [1.54, 1.807) is 0 Å². The first-order valence-electron chi connectivity index (χ1n) is 6.43. The van der Waals surface area contributed by atoms with Gasteiger partial charge in [0.1, 0.15) is 0 Å². The smallest absolute Gasteiger partial charge is 0.204 e. The molecule has 1 N–H and O–H groups in total. The van der Waals surface area contributed by atoms with Crippen molar-refractivity contribution in [3.63, 3.8) is 0 Å². The second-order valence-electron chi connectivity index (χ2n) is 5.06. The Kier molecular flexibility index (Phi) is 4.27. The highest BCUT2D eigenvalue weighted by atomic mass is 32.1. The number of rotatable bonds is 5. The summed E-state index contributed by atoms with van der Waals surface area (Å²) in [4.78, 5) is 9.24. The molecule has 0 fully saturated rings. The van der Waals surface area contributed by atoms with E-state index in [-0.39, 0.29) is 0 Å². The summed E-state index contributed by atoms with van der Waals surface area (Å²) < 4.78 is 2.12. The summed E-state index contributed by atoms with van der Waals surface area (Å²) in [6.07, 6.45) is 1.94. The van der Waals surface area contributed by atoms with E-state index in [1.165, 1.54) is 21.0 Å². The first kappa shape index (κ1) is 14.1. The van der Waals surface area contributed by atoms with Crippen LogP contribution in [0.3, 0.4) is 0 Å². The molecule has 0 aliphatic rings. The molecule has 2 aromatic rings. The van der Waals surface area contributed by atoms with Crippen LogP contribution in [0.4, 0.5) is 5.95 Å². The van der Waals surface area contributed by atoms with Crippen LogP contribution in [0.25, 0.3) is 0 Å². The summed E-state index contributed by atoms with van der Waals surface area (Å²) in [6, 6.07) is 2.27. The lowest BCUT2D eigenvalue weighted by molar-refractivity contribution is 0.659. The minimum Gasteiger partial charge on any atom is -0.348 e. The fourth-order valence-corrected chi connectivity index (χ4v) is 3.09. The maximum Gasteiger partial charge on any atom is 0.204 e. The monoisotopic (exact) mass is 278 g/mol. The van der Waals surface area contributed by atoms with Gasteiger partial charge in [0.15, 0.2) is 0 Å². The molecular weight excluding hydrogens is 256 g/mol. The molecule has 0 saturated carbocycles. The molecule has 0 unspecified atom stereocenters. The molecule has 0 aromatic carbocycles. The lowest BCUT2D eigenvalue weighted by Gasteiger charge is -2.12. The third-order valence-corrected chi connectivity index (χ3v) is 4.43. The Morgan fingerprint density at radius 1 is 1.32 bits per heavy atom. The van der Waals surface area contributed by atoms with Gasteiger partial charge in [-0.05, 0) is 25.5 Å². The fraction of sp³-hybridized carbons (Fsp3) is 0.500. The normalized spacial score (nSPS) is 11.0. The van der Waals surface area contributed by atoms with Gasteiger partial charge >= 0.3 is 0 Å². The lowest BCUT2D eigenvalue weighted by atomic mass is 10.3. The molecule has 5 heteroatoms. The predicted octanol–water partition coefficient (Wildman–Crippen LogP) is 2.45. The van der Waals surface area contributed by atoms with Crippen molar-refractivity contribution in [1.29, 1.82) is 0 Å². The van der Waals surface area contributed by atoms with Crippen molar-refractivity contribution in [3.8, 4) is 0 Å². The van der Waals surface area contributed by atoms with Gasteiger partial charge < -0.3 is 14.8 Å². The molecule has 19 heavy (non-hydrogen) atoms. The Labute approximate surface area is 119 Å². The molecule has 0 spiro atoms. The quantitative estimate of drug-likeness (QED) is 0.912. The molecule has 0 radical (unpaired) electrons. The Morgan fingerprint density at radius 3 is 2.58 bits per heavy atom. The van der Waals surface area contributed by atoms with Crippen LogP contribution < -0.4 is 10.2 Å². The van der Waals surface area contributed by atoms with Crippen LogP contribution in [0, 0.1) is 13.8 Å². The first-order chi connectivity index (χ1) is 8.99. The molecule has 0 aliphatic carbocycles. The Morgan fingerprint density at radius 2 is 2.05 bits per heavy atom. The standard InChI is InChI=1S/C14H22N4S/c1-10-6-13(19-11(10)2)9-15-7-12-8-16-14(17(3)4)18(12)5/h6,8,15H,7,9H2,1-5H3. The minimum atomic E-state index is 0.841. The van der Waals surface area contributed by atoms with Gasteiger partial charge in [-0.1, -0.05) is 0 Å². The fourth-order valence-electron chi connectivity index (χ4n) is 2.06. The Hall–Kier alpha value is -1.33. The topological polar surface area (TPSA) is 33.1 Å². The van der Waals surface area contributed by atoms with Crippen LogP contribution in [0.5, 0.6) is 0 Å². The molecule has 2 rings (SSSR count). The molecule has 104 valence electrons. The van der Waals surface area contributed by atoms with Gasteiger partial charge in [0.25, 0.3) is 0 Å². The molecule has 0 aliphatic heterocycles. The van der Waals surface area contributed by atoms with Crippen molar-refractivity contribution in [2.75, 3.05) is 19.0 Å². The third kappa shape index (κ3) is 3.16. The zero-order valence-electron chi connectivity index (χ0n) is 12.3. The molecule has 2 aromatic heterocycles. The van der Waals surface area contributed by atoms with Crippen LogP contribution in [0.2, 0.25) is 0 Å². The third-order valence-electron chi connectivity index (χ3n) is 3.28. The van der Waals surface area contributed by atoms with E-state index in [0.717, 1.165) is 19.0 Å². The number of hydrogen-bond donors (Lipinski definition) is 1. The molecule has 2 heterocycles. The number of nitrogens with zero attached hydrogens (tertiary/aromatic N) is 3. The van der Waals surface area contributed by atoms with Crippen LogP contribution in [0.15, 0.2) is 12.3 Å². The largest absolute Gasteiger partial charge is 0.348 e. The maximum absolute atomic E-state index is 4.41. The van der Waals surface area contributed by atoms with Crippen LogP contribution in [-0.4, -0.2) is 23.6 Å². The number of imidazole rings is 1. The summed E-state index contributed by atoms with van der Waals surface area (Å²) in [6.45, 7) is 6.10. The van der Waals surface area contributed by atoms with Gasteiger partial charge in [-0.15, -0.1) is 11.3 Å². The second-order valence-corrected chi connectivity index (χ2v) is 6.40. The molecule has 0 saturated heterocycles. The predicted molar refractivity (Wildman–Crippen MR) is 81.9 cm³/mol. The number of aromatic nitrogens is 2. The van der Waals surface area contributed by atoms with Gasteiger partial charge in [-0.25, -0.2) is 4.98 Å². The number of aryl methyl sites for hydroxylation is 2. The minimum absolute atomic E-state index is 0.841. The van der Waals surface area contributed by atoms with E-state index in [4.69, 9.17) is 0 Å². The molecule has 0 bridgehead atoms. The highest BCUT2D eigenvalue weighted by molar-refractivity contribution is 7.12. The molecular formula is C14H22N4S. The van der Waals surface area contributed by atoms with E-state index >= 15 is 0 Å². The van der Waals surface area contributed by atoms with E-state index < -0.39 is 0 Å². The Balaban J connectivity index is 1.92. The van der Waals surface area contributed by atoms with Gasteiger partial charge in [-0.3, -0.25) is 0 Å². The summed E-state index contributed by atoms with van der Waals surface area (Å²) in [5, 5.41) is 3.48. The number of thiophene rings is 1. The van der Waals surface area contributed by atoms with E-state index in [2.05, 4.69) is 41.8 Å². The number of nitrogens with one attached hydrogen (secondary N) is 1. The van der Waals surface area contributed by atoms with Crippen LogP contribution in [0.1, 0.15) is 21.0 Å². The van der Waals surface area contributed by atoms with Crippen molar-refractivity contribution in [1.82, 2.24) is 14.9 Å². The van der Waals surface area contributed by atoms with E-state index in [0.29, 0.717) is 0 Å². The van der Waals surface area contributed by atoms with E-state index in [1.807, 2.05) is 36.5 Å². The van der Waals surface area contributed by atoms with Gasteiger partial charge in [-0.2, -0.15) is 0 Å². The van der Waals surface area contributed by atoms with Crippen LogP contribution >= 0.6 is 11.3 Å². The number of anilines is 1. The average Bonchev–Trinajstić information content (AvgIpc) is 2.84.